The lowest BCUT2D eigenvalue weighted by molar-refractivity contribution is -0.192. The van der Waals surface area contributed by atoms with Crippen molar-refractivity contribution in [2.24, 2.45) is 0 Å². The van der Waals surface area contributed by atoms with Crippen LogP contribution >= 0.6 is 11.6 Å². The highest BCUT2D eigenvalue weighted by Gasteiger charge is 2.38. The molecule has 0 spiro atoms. The minimum atomic E-state index is -5.08. The Kier molecular flexibility index (Phi) is 8.42. The van der Waals surface area contributed by atoms with Crippen molar-refractivity contribution < 1.29 is 32.3 Å². The SMILES string of the molecule is Cc1cc(C)n(Cc2cccc(CNC(=O)C(F)Cl)c2)n1.O=C(O)C(F)(F)F. The highest BCUT2D eigenvalue weighted by atomic mass is 35.5. The summed E-state index contributed by atoms with van der Waals surface area (Å²) in [4.78, 5) is 20.0. The molecule has 0 aliphatic rings. The van der Waals surface area contributed by atoms with Crippen LogP contribution < -0.4 is 5.32 Å². The highest BCUT2D eigenvalue weighted by molar-refractivity contribution is 6.29. The number of alkyl halides is 5. The predicted molar refractivity (Wildman–Crippen MR) is 93.5 cm³/mol. The number of halogens is 5. The Bertz CT molecular complexity index is 822. The number of nitrogens with zero attached hydrogens (tertiary/aromatic N) is 2. The van der Waals surface area contributed by atoms with Crippen molar-refractivity contribution in [2.75, 3.05) is 0 Å². The lowest BCUT2D eigenvalue weighted by atomic mass is 10.1. The molecule has 28 heavy (non-hydrogen) atoms. The third-order valence-corrected chi connectivity index (χ3v) is 3.53. The first-order valence-corrected chi connectivity index (χ1v) is 8.28. The van der Waals surface area contributed by atoms with E-state index in [9.17, 15) is 22.4 Å². The largest absolute Gasteiger partial charge is 0.490 e. The molecule has 1 heterocycles. The lowest BCUT2D eigenvalue weighted by Crippen LogP contribution is -2.28. The Balaban J connectivity index is 0.000000480. The molecule has 0 bridgehead atoms. The molecule has 1 aromatic carbocycles. The van der Waals surface area contributed by atoms with Gasteiger partial charge in [0.1, 0.15) is 0 Å². The number of benzene rings is 1. The third-order valence-electron chi connectivity index (χ3n) is 3.33. The molecular formula is C17H18ClF4N3O3. The van der Waals surface area contributed by atoms with E-state index >= 15 is 0 Å². The Morgan fingerprint density at radius 3 is 2.29 bits per heavy atom. The maximum atomic E-state index is 12.6. The van der Waals surface area contributed by atoms with Gasteiger partial charge in [0, 0.05) is 12.2 Å². The van der Waals surface area contributed by atoms with Gasteiger partial charge in [0.15, 0.2) is 0 Å². The van der Waals surface area contributed by atoms with E-state index in [4.69, 9.17) is 21.5 Å². The highest BCUT2D eigenvalue weighted by Crippen LogP contribution is 2.13. The van der Waals surface area contributed by atoms with E-state index in [1.54, 1.807) is 0 Å². The average molecular weight is 424 g/mol. The molecule has 6 nitrogen and oxygen atoms in total. The number of aryl methyl sites for hydroxylation is 2. The van der Waals surface area contributed by atoms with Crippen LogP contribution in [-0.4, -0.2) is 38.6 Å². The van der Waals surface area contributed by atoms with Gasteiger partial charge in [-0.05, 0) is 31.0 Å². The van der Waals surface area contributed by atoms with Crippen molar-refractivity contribution in [3.8, 4) is 0 Å². The van der Waals surface area contributed by atoms with Gasteiger partial charge in [-0.1, -0.05) is 35.9 Å². The van der Waals surface area contributed by atoms with Crippen molar-refractivity contribution in [1.29, 1.82) is 0 Å². The lowest BCUT2D eigenvalue weighted by Gasteiger charge is -2.08. The standard InChI is InChI=1S/C15H17ClFN3O.C2HF3O2/c1-10-6-11(2)20(19-10)9-13-5-3-4-12(7-13)8-18-15(21)14(16)17;3-2(4,5)1(6)7/h3-7,14H,8-9H2,1-2H3,(H,18,21);(H,6,7). The average Bonchev–Trinajstić information content (AvgIpc) is 2.89. The quantitative estimate of drug-likeness (QED) is 0.570. The van der Waals surface area contributed by atoms with E-state index in [0.29, 0.717) is 6.54 Å². The minimum absolute atomic E-state index is 0.247. The van der Waals surface area contributed by atoms with Gasteiger partial charge in [0.25, 0.3) is 11.5 Å². The Labute approximate surface area is 163 Å². The van der Waals surface area contributed by atoms with Crippen LogP contribution in [0.2, 0.25) is 0 Å². The molecular weight excluding hydrogens is 406 g/mol. The number of nitrogens with one attached hydrogen (secondary N) is 1. The van der Waals surface area contributed by atoms with Crippen LogP contribution in [0.4, 0.5) is 17.6 Å². The van der Waals surface area contributed by atoms with Gasteiger partial charge in [-0.25, -0.2) is 9.18 Å². The molecule has 1 amide bonds. The van der Waals surface area contributed by atoms with E-state index in [1.807, 2.05) is 48.9 Å². The third kappa shape index (κ3) is 7.95. The van der Waals surface area contributed by atoms with Gasteiger partial charge in [0.05, 0.1) is 12.2 Å². The fourth-order valence-electron chi connectivity index (χ4n) is 2.11. The number of carboxylic acid groups (broad SMARTS) is 1. The predicted octanol–water partition coefficient (Wildman–Crippen LogP) is 3.33. The molecule has 0 aliphatic heterocycles. The number of aliphatic carboxylic acids is 1. The van der Waals surface area contributed by atoms with Crippen molar-refractivity contribution in [1.82, 2.24) is 15.1 Å². The molecule has 0 fully saturated rings. The van der Waals surface area contributed by atoms with Crippen LogP contribution in [0, 0.1) is 13.8 Å². The first kappa shape index (κ1) is 23.4. The molecule has 2 rings (SSSR count). The van der Waals surface area contributed by atoms with Crippen LogP contribution in [-0.2, 0) is 22.7 Å². The summed E-state index contributed by atoms with van der Waals surface area (Å²) in [7, 11) is 0. The summed E-state index contributed by atoms with van der Waals surface area (Å²) in [6.45, 7) is 4.86. The second-order valence-electron chi connectivity index (χ2n) is 5.73. The first-order chi connectivity index (χ1) is 12.9. The fraction of sp³-hybridized carbons (Fsp3) is 0.353. The summed E-state index contributed by atoms with van der Waals surface area (Å²) < 4.78 is 46.2. The molecule has 1 aromatic heterocycles. The van der Waals surface area contributed by atoms with E-state index < -0.39 is 23.7 Å². The summed E-state index contributed by atoms with van der Waals surface area (Å²) in [6.07, 6.45) is -5.08. The number of amides is 1. The van der Waals surface area contributed by atoms with Crippen LogP contribution in [0.5, 0.6) is 0 Å². The molecule has 2 N–H and O–H groups in total. The van der Waals surface area contributed by atoms with Gasteiger partial charge in [0.2, 0.25) is 0 Å². The number of hydrogen-bond donors (Lipinski definition) is 2. The minimum Gasteiger partial charge on any atom is -0.475 e. The van der Waals surface area contributed by atoms with Crippen LogP contribution in [0.3, 0.4) is 0 Å². The van der Waals surface area contributed by atoms with Gasteiger partial charge in [-0.2, -0.15) is 18.3 Å². The molecule has 0 aliphatic carbocycles. The van der Waals surface area contributed by atoms with E-state index in [1.165, 1.54) is 0 Å². The van der Waals surface area contributed by atoms with Crippen LogP contribution in [0.1, 0.15) is 22.5 Å². The number of aromatic nitrogens is 2. The second kappa shape index (κ2) is 10.1. The van der Waals surface area contributed by atoms with E-state index in [-0.39, 0.29) is 6.54 Å². The van der Waals surface area contributed by atoms with Gasteiger partial charge in [-0.3, -0.25) is 9.48 Å². The summed E-state index contributed by atoms with van der Waals surface area (Å²) in [5.41, 5.74) is 2.01. The van der Waals surface area contributed by atoms with Gasteiger partial charge < -0.3 is 10.4 Å². The van der Waals surface area contributed by atoms with E-state index in [0.717, 1.165) is 22.5 Å². The summed E-state index contributed by atoms with van der Waals surface area (Å²) in [5, 5.41) is 14.0. The fourth-order valence-corrected chi connectivity index (χ4v) is 2.19. The Hall–Kier alpha value is -2.62. The number of hydrogen-bond acceptors (Lipinski definition) is 3. The zero-order valence-electron chi connectivity index (χ0n) is 14.9. The summed E-state index contributed by atoms with van der Waals surface area (Å²) in [5.74, 6) is -3.58. The van der Waals surface area contributed by atoms with Crippen LogP contribution in [0.25, 0.3) is 0 Å². The van der Waals surface area contributed by atoms with Gasteiger partial charge >= 0.3 is 12.1 Å². The van der Waals surface area contributed by atoms with Crippen molar-refractivity contribution in [2.45, 2.75) is 38.7 Å². The zero-order chi connectivity index (χ0) is 21.5. The zero-order valence-corrected chi connectivity index (χ0v) is 15.7. The molecule has 0 saturated heterocycles. The monoisotopic (exact) mass is 423 g/mol. The molecule has 154 valence electrons. The maximum Gasteiger partial charge on any atom is 0.490 e. The Morgan fingerprint density at radius 1 is 1.25 bits per heavy atom. The molecule has 11 heteroatoms. The number of rotatable bonds is 5. The molecule has 2 aromatic rings. The number of carbonyl (C=O) groups is 2. The Morgan fingerprint density at radius 2 is 1.82 bits per heavy atom. The van der Waals surface area contributed by atoms with Crippen molar-refractivity contribution in [3.05, 3.63) is 52.8 Å². The number of carboxylic acids is 1. The smallest absolute Gasteiger partial charge is 0.475 e. The van der Waals surface area contributed by atoms with E-state index in [2.05, 4.69) is 10.4 Å². The van der Waals surface area contributed by atoms with Gasteiger partial charge in [-0.15, -0.1) is 0 Å². The normalized spacial score (nSPS) is 12.0. The molecule has 0 radical (unpaired) electrons. The van der Waals surface area contributed by atoms with Crippen molar-refractivity contribution in [3.63, 3.8) is 0 Å². The van der Waals surface area contributed by atoms with Crippen LogP contribution in [0.15, 0.2) is 30.3 Å². The molecule has 0 saturated carbocycles. The number of carbonyl (C=O) groups excluding carboxylic acids is 1. The maximum absolute atomic E-state index is 12.6. The molecule has 1 unspecified atom stereocenters. The summed E-state index contributed by atoms with van der Waals surface area (Å²) >= 11 is 5.06. The van der Waals surface area contributed by atoms with Crippen molar-refractivity contribution >= 4 is 23.5 Å². The second-order valence-corrected chi connectivity index (χ2v) is 6.11. The summed E-state index contributed by atoms with van der Waals surface area (Å²) in [6, 6.07) is 9.73. The first-order valence-electron chi connectivity index (χ1n) is 7.85. The topological polar surface area (TPSA) is 84.2 Å². The molecule has 1 atom stereocenters.